The molecular weight excluding hydrogens is 522 g/mol. The zero-order chi connectivity index (χ0) is 29.5. The number of ether oxygens (including phenoxy) is 3. The van der Waals surface area contributed by atoms with Crippen LogP contribution in [0.1, 0.15) is 43.0 Å². The molecule has 41 heavy (non-hydrogen) atoms. The second-order valence-corrected chi connectivity index (χ2v) is 9.99. The Morgan fingerprint density at radius 3 is 2.37 bits per heavy atom. The second kappa shape index (κ2) is 13.2. The minimum absolute atomic E-state index is 0.202. The molecule has 9 heteroatoms. The van der Waals surface area contributed by atoms with Crippen LogP contribution in [0.2, 0.25) is 0 Å². The third-order valence-electron chi connectivity index (χ3n) is 7.24. The molecule has 4 rings (SSSR count). The number of anilines is 1. The van der Waals surface area contributed by atoms with E-state index in [1.54, 1.807) is 34.3 Å². The summed E-state index contributed by atoms with van der Waals surface area (Å²) in [6.07, 6.45) is 1.87. The summed E-state index contributed by atoms with van der Waals surface area (Å²) in [5.74, 6) is 1.03. The highest BCUT2D eigenvalue weighted by Gasteiger charge is 2.29. The number of carbonyl (C=O) groups excluding carboxylic acids is 2. The molecule has 3 aromatic rings. The van der Waals surface area contributed by atoms with Crippen molar-refractivity contribution in [3.05, 3.63) is 81.5 Å². The molecule has 9 nitrogen and oxygen atoms in total. The van der Waals surface area contributed by atoms with E-state index in [1.807, 2.05) is 42.5 Å². The van der Waals surface area contributed by atoms with Gasteiger partial charge in [0.1, 0.15) is 6.04 Å². The largest absolute Gasteiger partial charge is 0.493 e. The summed E-state index contributed by atoms with van der Waals surface area (Å²) in [5.41, 5.74) is 4.18. The van der Waals surface area contributed by atoms with Gasteiger partial charge in [0.05, 0.1) is 33.1 Å². The van der Waals surface area contributed by atoms with E-state index in [2.05, 4.69) is 16.0 Å². The Kier molecular flexibility index (Phi) is 9.49. The Balaban J connectivity index is 1.70. The van der Waals surface area contributed by atoms with Gasteiger partial charge in [-0.3, -0.25) is 14.4 Å². The number of amides is 2. The normalized spacial score (nSPS) is 14.4. The Labute approximate surface area is 240 Å². The van der Waals surface area contributed by atoms with E-state index in [9.17, 15) is 14.4 Å². The maximum Gasteiger partial charge on any atom is 0.242 e. The highest BCUT2D eigenvalue weighted by molar-refractivity contribution is 5.85. The molecular formula is C32H37N3O6. The molecule has 0 radical (unpaired) electrons. The van der Waals surface area contributed by atoms with Crippen molar-refractivity contribution in [2.24, 2.45) is 0 Å². The quantitative estimate of drug-likeness (QED) is 0.344. The fourth-order valence-corrected chi connectivity index (χ4v) is 5.25. The standard InChI is InChI=1S/C32H37N3O6/c1-19(32(38)33-16-15-21-9-7-6-8-10-21)34-26-14-12-23-24(18-27(26)37)25(35-20(2)36)13-11-22-17-28(39-3)30(40-4)31(41-5)29(22)23/h6-10,12,14,17-19,25H,11,13,15-16H2,1-5H3,(H,33,38)(H,34,37)(H,35,36)/t19-,25-/m0/s1. The summed E-state index contributed by atoms with van der Waals surface area (Å²) >= 11 is 0. The van der Waals surface area contributed by atoms with Crippen molar-refractivity contribution >= 4 is 17.5 Å². The van der Waals surface area contributed by atoms with Crippen LogP contribution in [0.25, 0.3) is 11.1 Å². The van der Waals surface area contributed by atoms with Gasteiger partial charge < -0.3 is 30.2 Å². The monoisotopic (exact) mass is 559 g/mol. The fraction of sp³-hybridized carbons (Fsp3) is 0.344. The summed E-state index contributed by atoms with van der Waals surface area (Å²) in [6.45, 7) is 3.65. The zero-order valence-electron chi connectivity index (χ0n) is 24.1. The van der Waals surface area contributed by atoms with E-state index in [0.717, 1.165) is 22.3 Å². The van der Waals surface area contributed by atoms with Gasteiger partial charge in [-0.25, -0.2) is 0 Å². The van der Waals surface area contributed by atoms with Crippen LogP contribution in [0, 0.1) is 0 Å². The van der Waals surface area contributed by atoms with Crippen LogP contribution >= 0.6 is 0 Å². The lowest BCUT2D eigenvalue weighted by atomic mass is 9.95. The van der Waals surface area contributed by atoms with E-state index >= 15 is 0 Å². The molecule has 1 aliphatic rings. The molecule has 0 heterocycles. The first-order valence-corrected chi connectivity index (χ1v) is 13.6. The molecule has 2 atom stereocenters. The summed E-state index contributed by atoms with van der Waals surface area (Å²) in [4.78, 5) is 38.5. The average molecular weight is 560 g/mol. The van der Waals surface area contributed by atoms with Crippen LogP contribution in [-0.2, 0) is 22.4 Å². The predicted molar refractivity (Wildman–Crippen MR) is 159 cm³/mol. The number of carbonyl (C=O) groups is 2. The lowest BCUT2D eigenvalue weighted by Crippen LogP contribution is -2.39. The predicted octanol–water partition coefficient (Wildman–Crippen LogP) is 4.02. The van der Waals surface area contributed by atoms with Crippen molar-refractivity contribution in [2.75, 3.05) is 33.2 Å². The number of hydrogen-bond donors (Lipinski definition) is 3. The van der Waals surface area contributed by atoms with Crippen LogP contribution in [0.15, 0.2) is 59.4 Å². The van der Waals surface area contributed by atoms with Crippen molar-refractivity contribution in [3.8, 4) is 28.4 Å². The first-order valence-electron chi connectivity index (χ1n) is 13.6. The van der Waals surface area contributed by atoms with Gasteiger partial charge in [-0.05, 0) is 66.6 Å². The van der Waals surface area contributed by atoms with Crippen molar-refractivity contribution < 1.29 is 23.8 Å². The molecule has 0 aromatic heterocycles. The van der Waals surface area contributed by atoms with Crippen LogP contribution in [0.4, 0.5) is 5.69 Å². The van der Waals surface area contributed by atoms with Gasteiger partial charge in [-0.2, -0.15) is 0 Å². The second-order valence-electron chi connectivity index (χ2n) is 9.99. The number of fused-ring (bicyclic) bond motifs is 3. The number of aryl methyl sites for hydroxylation is 1. The molecule has 216 valence electrons. The average Bonchev–Trinajstić information content (AvgIpc) is 3.21. The summed E-state index contributed by atoms with van der Waals surface area (Å²) in [6, 6.07) is 15.8. The van der Waals surface area contributed by atoms with Crippen molar-refractivity contribution in [1.82, 2.24) is 10.6 Å². The third kappa shape index (κ3) is 6.62. The fourth-order valence-electron chi connectivity index (χ4n) is 5.25. The molecule has 0 spiro atoms. The molecule has 2 amide bonds. The molecule has 0 unspecified atom stereocenters. The highest BCUT2D eigenvalue weighted by atomic mass is 16.5. The van der Waals surface area contributed by atoms with Crippen molar-refractivity contribution in [2.45, 2.75) is 45.2 Å². The molecule has 0 saturated carbocycles. The topological polar surface area (TPSA) is 115 Å². The molecule has 1 aliphatic carbocycles. The minimum Gasteiger partial charge on any atom is -0.493 e. The Hall–Kier alpha value is -4.53. The van der Waals surface area contributed by atoms with Crippen molar-refractivity contribution in [3.63, 3.8) is 0 Å². The minimum atomic E-state index is -0.655. The molecule has 3 N–H and O–H groups in total. The van der Waals surface area contributed by atoms with E-state index in [-0.39, 0.29) is 22.9 Å². The van der Waals surface area contributed by atoms with Gasteiger partial charge in [0.2, 0.25) is 23.0 Å². The first kappa shape index (κ1) is 29.5. The Bertz CT molecular complexity index is 1470. The lowest BCUT2D eigenvalue weighted by molar-refractivity contribution is -0.121. The lowest BCUT2D eigenvalue weighted by Gasteiger charge is -2.19. The summed E-state index contributed by atoms with van der Waals surface area (Å²) in [7, 11) is 4.66. The Morgan fingerprint density at radius 1 is 0.976 bits per heavy atom. The maximum atomic E-state index is 13.5. The van der Waals surface area contributed by atoms with Gasteiger partial charge in [0, 0.05) is 19.0 Å². The molecule has 0 saturated heterocycles. The van der Waals surface area contributed by atoms with Crippen molar-refractivity contribution in [1.29, 1.82) is 0 Å². The van der Waals surface area contributed by atoms with E-state index in [4.69, 9.17) is 14.2 Å². The number of hydrogen-bond acceptors (Lipinski definition) is 7. The van der Waals surface area contributed by atoms with Crippen LogP contribution in [0.5, 0.6) is 17.2 Å². The van der Waals surface area contributed by atoms with Crippen LogP contribution in [0.3, 0.4) is 0 Å². The van der Waals surface area contributed by atoms with Crippen LogP contribution in [-0.4, -0.2) is 45.7 Å². The molecule has 0 bridgehead atoms. The molecule has 3 aromatic carbocycles. The van der Waals surface area contributed by atoms with E-state index in [0.29, 0.717) is 48.6 Å². The number of methoxy groups -OCH3 is 3. The molecule has 0 aliphatic heterocycles. The third-order valence-corrected chi connectivity index (χ3v) is 7.24. The summed E-state index contributed by atoms with van der Waals surface area (Å²) < 4.78 is 17.0. The molecule has 0 fully saturated rings. The van der Waals surface area contributed by atoms with E-state index < -0.39 is 12.1 Å². The number of nitrogens with one attached hydrogen (secondary N) is 3. The summed E-state index contributed by atoms with van der Waals surface area (Å²) in [5, 5.41) is 9.01. The smallest absolute Gasteiger partial charge is 0.242 e. The van der Waals surface area contributed by atoms with Gasteiger partial charge in [0.25, 0.3) is 0 Å². The SMILES string of the molecule is COc1cc2c(c(OC)c1OC)-c1ccc(N[C@@H](C)C(=O)NCCc3ccccc3)c(=O)cc1[C@@H](NC(C)=O)CC2. The van der Waals surface area contributed by atoms with Gasteiger partial charge in [-0.15, -0.1) is 0 Å². The zero-order valence-corrected chi connectivity index (χ0v) is 24.1. The first-order chi connectivity index (χ1) is 19.8. The maximum absolute atomic E-state index is 13.5. The van der Waals surface area contributed by atoms with Gasteiger partial charge in [0.15, 0.2) is 11.5 Å². The Morgan fingerprint density at radius 2 is 1.71 bits per heavy atom. The van der Waals surface area contributed by atoms with Gasteiger partial charge >= 0.3 is 0 Å². The van der Waals surface area contributed by atoms with Gasteiger partial charge in [-0.1, -0.05) is 36.4 Å². The highest BCUT2D eigenvalue weighted by Crippen LogP contribution is 2.50. The van der Waals surface area contributed by atoms with Crippen LogP contribution < -0.4 is 35.6 Å². The number of benzene rings is 2. The number of rotatable bonds is 10. The van der Waals surface area contributed by atoms with E-state index in [1.165, 1.54) is 13.0 Å².